The van der Waals surface area contributed by atoms with E-state index in [4.69, 9.17) is 14.7 Å². The summed E-state index contributed by atoms with van der Waals surface area (Å²) in [6.07, 6.45) is 0. The van der Waals surface area contributed by atoms with Gasteiger partial charge in [-0.05, 0) is 42.8 Å². The van der Waals surface area contributed by atoms with Crippen LogP contribution in [0.3, 0.4) is 0 Å². The molecule has 39 heavy (non-hydrogen) atoms. The largest absolute Gasteiger partial charge is 0.486 e. The van der Waals surface area contributed by atoms with Gasteiger partial charge in [-0.25, -0.2) is 9.97 Å². The third kappa shape index (κ3) is 5.51. The molecular weight excluding hydrogens is 506 g/mol. The van der Waals surface area contributed by atoms with Crippen molar-refractivity contribution < 1.29 is 9.53 Å². The zero-order valence-electron chi connectivity index (χ0n) is 21.0. The zero-order valence-corrected chi connectivity index (χ0v) is 21.9. The molecule has 1 amide bonds. The Morgan fingerprint density at radius 3 is 2.15 bits per heavy atom. The molecule has 0 bridgehead atoms. The van der Waals surface area contributed by atoms with Gasteiger partial charge < -0.3 is 4.74 Å². The van der Waals surface area contributed by atoms with Crippen LogP contribution in [-0.4, -0.2) is 26.1 Å². The molecule has 0 saturated carbocycles. The Balaban J connectivity index is 1.25. The molecule has 6 aromatic rings. The Bertz CT molecular complexity index is 1770. The van der Waals surface area contributed by atoms with E-state index in [-0.39, 0.29) is 12.5 Å². The lowest BCUT2D eigenvalue weighted by atomic mass is 10.0. The van der Waals surface area contributed by atoms with Gasteiger partial charge in [-0.1, -0.05) is 84.1 Å². The molecule has 0 saturated heterocycles. The van der Waals surface area contributed by atoms with Crippen LogP contribution in [0.25, 0.3) is 33.5 Å². The van der Waals surface area contributed by atoms with Crippen LogP contribution in [0.1, 0.15) is 20.9 Å². The number of carbonyl (C=O) groups is 1. The molecule has 190 valence electrons. The topological polar surface area (TPSA) is 89.9 Å². The average Bonchev–Trinajstić information content (AvgIpc) is 3.43. The number of nitrogens with zero attached hydrogens (tertiary/aromatic N) is 4. The summed E-state index contributed by atoms with van der Waals surface area (Å²) in [7, 11) is 0. The number of nitrogens with one attached hydrogen (secondary N) is 1. The number of aryl methyl sites for hydroxylation is 1. The van der Waals surface area contributed by atoms with Crippen LogP contribution in [-0.2, 0) is 6.61 Å². The van der Waals surface area contributed by atoms with Crippen LogP contribution in [0.2, 0.25) is 0 Å². The van der Waals surface area contributed by atoms with Gasteiger partial charge in [0.2, 0.25) is 5.13 Å². The minimum atomic E-state index is -0.297. The molecule has 0 fully saturated rings. The fourth-order valence-electron chi connectivity index (χ4n) is 4.17. The Kier molecular flexibility index (Phi) is 6.76. The van der Waals surface area contributed by atoms with E-state index in [9.17, 15) is 4.79 Å². The first-order valence-electron chi connectivity index (χ1n) is 12.4. The van der Waals surface area contributed by atoms with Crippen LogP contribution in [0, 0.1) is 6.92 Å². The van der Waals surface area contributed by atoms with Gasteiger partial charge in [0.25, 0.3) is 5.91 Å². The smallest absolute Gasteiger partial charge is 0.257 e. The highest BCUT2D eigenvalue weighted by Gasteiger charge is 2.16. The predicted octanol–water partition coefficient (Wildman–Crippen LogP) is 6.96. The van der Waals surface area contributed by atoms with Crippen molar-refractivity contribution in [2.24, 2.45) is 0 Å². The summed E-state index contributed by atoms with van der Waals surface area (Å²) in [6.45, 7) is 2.28. The van der Waals surface area contributed by atoms with Gasteiger partial charge in [0.1, 0.15) is 12.4 Å². The quantitative estimate of drug-likeness (QED) is 0.241. The van der Waals surface area contributed by atoms with Gasteiger partial charge >= 0.3 is 0 Å². The maximum absolute atomic E-state index is 13.1. The molecule has 0 aliphatic heterocycles. The Morgan fingerprint density at radius 1 is 0.769 bits per heavy atom. The zero-order chi connectivity index (χ0) is 26.6. The molecular formula is C31H23N5O2S. The lowest BCUT2D eigenvalue weighted by Crippen LogP contribution is -2.11. The maximum atomic E-state index is 13.1. The lowest BCUT2D eigenvalue weighted by molar-refractivity contribution is 0.102. The molecule has 6 rings (SSSR count). The Hall–Kier alpha value is -4.95. The Labute approximate surface area is 229 Å². The number of ether oxygens (including phenoxy) is 1. The van der Waals surface area contributed by atoms with Crippen LogP contribution in [0.15, 0.2) is 103 Å². The van der Waals surface area contributed by atoms with Crippen molar-refractivity contribution >= 4 is 33.4 Å². The highest BCUT2D eigenvalue weighted by atomic mass is 32.1. The number of benzene rings is 4. The van der Waals surface area contributed by atoms with Gasteiger partial charge in [-0.3, -0.25) is 10.1 Å². The van der Waals surface area contributed by atoms with Gasteiger partial charge in [-0.2, -0.15) is 0 Å². The van der Waals surface area contributed by atoms with Gasteiger partial charge in [0.15, 0.2) is 5.01 Å². The van der Waals surface area contributed by atoms with E-state index in [0.717, 1.165) is 33.8 Å². The first kappa shape index (κ1) is 24.4. The highest BCUT2D eigenvalue weighted by Crippen LogP contribution is 2.31. The monoisotopic (exact) mass is 529 g/mol. The van der Waals surface area contributed by atoms with Crippen LogP contribution in [0.4, 0.5) is 5.13 Å². The maximum Gasteiger partial charge on any atom is 0.257 e. The number of rotatable bonds is 7. The normalized spacial score (nSPS) is 10.9. The van der Waals surface area contributed by atoms with Gasteiger partial charge in [-0.15, -0.1) is 10.2 Å². The van der Waals surface area contributed by atoms with Crippen molar-refractivity contribution in [2.75, 3.05) is 5.32 Å². The SMILES string of the molecule is Cc1cccc(OCc2nnc(NC(=O)c3ccc4nc(-c5ccccc5)c(-c5ccccc5)nc4c3)s2)c1. The predicted molar refractivity (Wildman–Crippen MR) is 154 cm³/mol. The first-order valence-corrected chi connectivity index (χ1v) is 13.2. The molecule has 0 radical (unpaired) electrons. The fourth-order valence-corrected chi connectivity index (χ4v) is 4.82. The molecule has 0 aliphatic carbocycles. The van der Waals surface area contributed by atoms with E-state index in [1.54, 1.807) is 12.1 Å². The van der Waals surface area contributed by atoms with Crippen LogP contribution < -0.4 is 10.1 Å². The Morgan fingerprint density at radius 2 is 1.46 bits per heavy atom. The molecule has 0 unspecified atom stereocenters. The lowest BCUT2D eigenvalue weighted by Gasteiger charge is -2.11. The van der Waals surface area contributed by atoms with Crippen molar-refractivity contribution in [1.29, 1.82) is 0 Å². The van der Waals surface area contributed by atoms with Crippen molar-refractivity contribution in [3.8, 4) is 28.3 Å². The molecule has 4 aromatic carbocycles. The van der Waals surface area contributed by atoms with Crippen molar-refractivity contribution in [3.63, 3.8) is 0 Å². The number of hydrogen-bond donors (Lipinski definition) is 1. The van der Waals surface area contributed by atoms with E-state index in [1.807, 2.05) is 97.9 Å². The standard InChI is InChI=1S/C31H23N5O2S/c1-20-9-8-14-24(17-20)38-19-27-35-36-31(39-27)34-30(37)23-15-16-25-26(18-23)33-29(22-12-6-3-7-13-22)28(32-25)21-10-4-2-5-11-21/h2-18H,19H2,1H3,(H,34,36,37). The average molecular weight is 530 g/mol. The summed E-state index contributed by atoms with van der Waals surface area (Å²) in [6, 6.07) is 33.0. The molecule has 2 heterocycles. The minimum Gasteiger partial charge on any atom is -0.486 e. The molecule has 1 N–H and O–H groups in total. The second kappa shape index (κ2) is 10.8. The van der Waals surface area contributed by atoms with Crippen molar-refractivity contribution in [3.05, 3.63) is 119 Å². The summed E-state index contributed by atoms with van der Waals surface area (Å²) in [4.78, 5) is 23.0. The summed E-state index contributed by atoms with van der Waals surface area (Å²) in [5.74, 6) is 0.466. The van der Waals surface area contributed by atoms with E-state index < -0.39 is 0 Å². The van der Waals surface area contributed by atoms with Crippen LogP contribution >= 0.6 is 11.3 Å². The number of hydrogen-bond acceptors (Lipinski definition) is 7. The number of amides is 1. The van der Waals surface area contributed by atoms with Gasteiger partial charge in [0, 0.05) is 16.7 Å². The fraction of sp³-hybridized carbons (Fsp3) is 0.0645. The number of fused-ring (bicyclic) bond motifs is 1. The molecule has 0 spiro atoms. The third-order valence-electron chi connectivity index (χ3n) is 6.06. The van der Waals surface area contributed by atoms with Crippen molar-refractivity contribution in [1.82, 2.24) is 20.2 Å². The minimum absolute atomic E-state index is 0.272. The van der Waals surface area contributed by atoms with Gasteiger partial charge in [0.05, 0.1) is 22.4 Å². The molecule has 8 heteroatoms. The summed E-state index contributed by atoms with van der Waals surface area (Å²) in [5.41, 5.74) is 6.39. The van der Waals surface area contributed by atoms with E-state index in [1.165, 1.54) is 11.3 Å². The van der Waals surface area contributed by atoms with E-state index in [2.05, 4.69) is 15.5 Å². The van der Waals surface area contributed by atoms with E-state index in [0.29, 0.717) is 26.7 Å². The first-order chi connectivity index (χ1) is 19.1. The number of carbonyl (C=O) groups excluding carboxylic acids is 1. The van der Waals surface area contributed by atoms with E-state index >= 15 is 0 Å². The molecule has 2 aromatic heterocycles. The molecule has 0 aliphatic rings. The molecule has 7 nitrogen and oxygen atoms in total. The second-order valence-electron chi connectivity index (χ2n) is 8.92. The van der Waals surface area contributed by atoms with Crippen molar-refractivity contribution in [2.45, 2.75) is 13.5 Å². The second-order valence-corrected chi connectivity index (χ2v) is 9.98. The molecule has 0 atom stereocenters. The third-order valence-corrected chi connectivity index (χ3v) is 6.87. The number of aromatic nitrogens is 4. The van der Waals surface area contributed by atoms with Crippen LogP contribution in [0.5, 0.6) is 5.75 Å². The highest BCUT2D eigenvalue weighted by molar-refractivity contribution is 7.15. The summed E-state index contributed by atoms with van der Waals surface area (Å²) in [5, 5.41) is 12.1. The number of anilines is 1. The summed E-state index contributed by atoms with van der Waals surface area (Å²) >= 11 is 1.28. The summed E-state index contributed by atoms with van der Waals surface area (Å²) < 4.78 is 5.79.